The molecule has 0 saturated carbocycles. The minimum absolute atomic E-state index is 0.0282. The lowest BCUT2D eigenvalue weighted by molar-refractivity contribution is -0.125. The standard InChI is InChI=1S/C14H18N2O2/c17-14(16-12-5-6-18-9-12)11-7-10-3-1-2-4-13(10)15-8-11/h1-4,11-12,15H,5-9H2,(H,16,17). The summed E-state index contributed by atoms with van der Waals surface area (Å²) in [4.78, 5) is 12.2. The number of carbonyl (C=O) groups is 1. The number of rotatable bonds is 2. The van der Waals surface area contributed by atoms with Gasteiger partial charge in [-0.25, -0.2) is 0 Å². The van der Waals surface area contributed by atoms with Crippen LogP contribution in [0, 0.1) is 5.92 Å². The van der Waals surface area contributed by atoms with Crippen LogP contribution in [0.4, 0.5) is 5.69 Å². The molecule has 0 spiro atoms. The fourth-order valence-corrected chi connectivity index (χ4v) is 2.59. The van der Waals surface area contributed by atoms with Gasteiger partial charge >= 0.3 is 0 Å². The highest BCUT2D eigenvalue weighted by molar-refractivity contribution is 5.81. The van der Waals surface area contributed by atoms with Gasteiger partial charge in [-0.3, -0.25) is 4.79 Å². The minimum Gasteiger partial charge on any atom is -0.384 e. The third-order valence-electron chi connectivity index (χ3n) is 3.67. The monoisotopic (exact) mass is 246 g/mol. The number of hydrogen-bond acceptors (Lipinski definition) is 3. The molecule has 1 aromatic carbocycles. The fraction of sp³-hybridized carbons (Fsp3) is 0.500. The summed E-state index contributed by atoms with van der Waals surface area (Å²) >= 11 is 0. The van der Waals surface area contributed by atoms with E-state index in [2.05, 4.69) is 22.8 Å². The SMILES string of the molecule is O=C(NC1CCOC1)C1CNc2ccccc2C1. The van der Waals surface area contributed by atoms with Crippen LogP contribution in [0.5, 0.6) is 0 Å². The van der Waals surface area contributed by atoms with Crippen LogP contribution < -0.4 is 10.6 Å². The lowest BCUT2D eigenvalue weighted by Gasteiger charge is -2.26. The molecule has 0 bridgehead atoms. The summed E-state index contributed by atoms with van der Waals surface area (Å²) in [6.45, 7) is 2.13. The molecule has 3 rings (SSSR count). The minimum atomic E-state index is 0.0282. The van der Waals surface area contributed by atoms with Crippen molar-refractivity contribution in [3.63, 3.8) is 0 Å². The second kappa shape index (κ2) is 4.98. The quantitative estimate of drug-likeness (QED) is 0.823. The molecule has 1 saturated heterocycles. The Balaban J connectivity index is 1.62. The Labute approximate surface area is 107 Å². The van der Waals surface area contributed by atoms with Gasteiger partial charge in [0.1, 0.15) is 0 Å². The molecule has 0 radical (unpaired) electrons. The molecule has 1 fully saturated rings. The van der Waals surface area contributed by atoms with Crippen molar-refractivity contribution in [2.45, 2.75) is 18.9 Å². The summed E-state index contributed by atoms with van der Waals surface area (Å²) in [5.74, 6) is 0.174. The van der Waals surface area contributed by atoms with E-state index in [9.17, 15) is 4.79 Å². The molecule has 2 heterocycles. The van der Waals surface area contributed by atoms with Gasteiger partial charge in [0, 0.05) is 18.8 Å². The third kappa shape index (κ3) is 2.34. The van der Waals surface area contributed by atoms with Crippen LogP contribution in [0.15, 0.2) is 24.3 Å². The molecule has 96 valence electrons. The highest BCUT2D eigenvalue weighted by Crippen LogP contribution is 2.24. The van der Waals surface area contributed by atoms with Gasteiger partial charge < -0.3 is 15.4 Å². The van der Waals surface area contributed by atoms with Gasteiger partial charge in [0.25, 0.3) is 0 Å². The largest absolute Gasteiger partial charge is 0.384 e. The van der Waals surface area contributed by atoms with E-state index >= 15 is 0 Å². The smallest absolute Gasteiger partial charge is 0.225 e. The summed E-state index contributed by atoms with van der Waals surface area (Å²) in [7, 11) is 0. The molecule has 4 heteroatoms. The number of carbonyl (C=O) groups excluding carboxylic acids is 1. The number of anilines is 1. The van der Waals surface area contributed by atoms with Gasteiger partial charge in [-0.1, -0.05) is 18.2 Å². The van der Waals surface area contributed by atoms with Crippen molar-refractivity contribution in [2.75, 3.05) is 25.1 Å². The van der Waals surface area contributed by atoms with E-state index in [1.807, 2.05) is 12.1 Å². The second-order valence-corrected chi connectivity index (χ2v) is 5.01. The highest BCUT2D eigenvalue weighted by atomic mass is 16.5. The molecule has 1 amide bonds. The van der Waals surface area contributed by atoms with Crippen LogP contribution >= 0.6 is 0 Å². The van der Waals surface area contributed by atoms with Crippen LogP contribution in [-0.4, -0.2) is 31.7 Å². The fourth-order valence-electron chi connectivity index (χ4n) is 2.59. The Hall–Kier alpha value is -1.55. The number of hydrogen-bond donors (Lipinski definition) is 2. The maximum Gasteiger partial charge on any atom is 0.225 e. The lowest BCUT2D eigenvalue weighted by atomic mass is 9.93. The van der Waals surface area contributed by atoms with Crippen LogP contribution in [-0.2, 0) is 16.0 Å². The molecular formula is C14H18N2O2. The molecule has 0 aliphatic carbocycles. The van der Waals surface area contributed by atoms with Crippen molar-refractivity contribution in [3.8, 4) is 0 Å². The number of amides is 1. The lowest BCUT2D eigenvalue weighted by Crippen LogP contribution is -2.43. The molecule has 2 aliphatic rings. The molecule has 1 aromatic rings. The molecule has 0 aromatic heterocycles. The normalized spacial score (nSPS) is 26.2. The zero-order valence-corrected chi connectivity index (χ0v) is 10.3. The first kappa shape index (κ1) is 11.5. The van der Waals surface area contributed by atoms with Crippen molar-refractivity contribution in [2.24, 2.45) is 5.92 Å². The van der Waals surface area contributed by atoms with Gasteiger partial charge in [-0.05, 0) is 24.5 Å². The number of nitrogens with one attached hydrogen (secondary N) is 2. The van der Waals surface area contributed by atoms with E-state index in [1.54, 1.807) is 0 Å². The average molecular weight is 246 g/mol. The summed E-state index contributed by atoms with van der Waals surface area (Å²) in [5, 5.41) is 6.40. The topological polar surface area (TPSA) is 50.4 Å². The summed E-state index contributed by atoms with van der Waals surface area (Å²) in [6, 6.07) is 8.39. The van der Waals surface area contributed by atoms with E-state index < -0.39 is 0 Å². The Morgan fingerprint density at radius 2 is 2.28 bits per heavy atom. The van der Waals surface area contributed by atoms with E-state index in [-0.39, 0.29) is 17.9 Å². The zero-order chi connectivity index (χ0) is 12.4. The predicted octanol–water partition coefficient (Wildman–Crippen LogP) is 1.18. The Morgan fingerprint density at radius 1 is 1.39 bits per heavy atom. The molecular weight excluding hydrogens is 228 g/mol. The molecule has 2 atom stereocenters. The molecule has 2 unspecified atom stereocenters. The molecule has 2 aliphatic heterocycles. The van der Waals surface area contributed by atoms with Gasteiger partial charge in [0.05, 0.1) is 18.6 Å². The number of ether oxygens (including phenoxy) is 1. The van der Waals surface area contributed by atoms with E-state index in [1.165, 1.54) is 5.56 Å². The molecule has 2 N–H and O–H groups in total. The van der Waals surface area contributed by atoms with E-state index in [0.29, 0.717) is 6.61 Å². The van der Waals surface area contributed by atoms with Crippen LogP contribution in [0.25, 0.3) is 0 Å². The Morgan fingerprint density at radius 3 is 3.11 bits per heavy atom. The highest BCUT2D eigenvalue weighted by Gasteiger charge is 2.27. The van der Waals surface area contributed by atoms with E-state index in [0.717, 1.165) is 31.7 Å². The molecule has 18 heavy (non-hydrogen) atoms. The van der Waals surface area contributed by atoms with Crippen molar-refractivity contribution in [1.82, 2.24) is 5.32 Å². The number of benzene rings is 1. The van der Waals surface area contributed by atoms with E-state index in [4.69, 9.17) is 4.74 Å². The van der Waals surface area contributed by atoms with Gasteiger partial charge in [-0.15, -0.1) is 0 Å². The van der Waals surface area contributed by atoms with Crippen LogP contribution in [0.2, 0.25) is 0 Å². The number of fused-ring (bicyclic) bond motifs is 1. The van der Waals surface area contributed by atoms with Crippen LogP contribution in [0.3, 0.4) is 0 Å². The summed E-state index contributed by atoms with van der Waals surface area (Å²) in [5.41, 5.74) is 2.39. The first-order valence-corrected chi connectivity index (χ1v) is 6.53. The average Bonchev–Trinajstić information content (AvgIpc) is 2.91. The first-order valence-electron chi connectivity index (χ1n) is 6.53. The first-order chi connectivity index (χ1) is 8.83. The van der Waals surface area contributed by atoms with Crippen molar-refractivity contribution < 1.29 is 9.53 Å². The number of para-hydroxylation sites is 1. The second-order valence-electron chi connectivity index (χ2n) is 5.01. The maximum atomic E-state index is 12.2. The Kier molecular flexibility index (Phi) is 3.19. The predicted molar refractivity (Wildman–Crippen MR) is 69.5 cm³/mol. The maximum absolute atomic E-state index is 12.2. The zero-order valence-electron chi connectivity index (χ0n) is 10.3. The summed E-state index contributed by atoms with van der Waals surface area (Å²) < 4.78 is 5.27. The van der Waals surface area contributed by atoms with Crippen LogP contribution in [0.1, 0.15) is 12.0 Å². The van der Waals surface area contributed by atoms with Gasteiger partial charge in [0.15, 0.2) is 0 Å². The summed E-state index contributed by atoms with van der Waals surface area (Å²) in [6.07, 6.45) is 1.76. The Bertz CT molecular complexity index is 441. The van der Waals surface area contributed by atoms with Crippen molar-refractivity contribution in [1.29, 1.82) is 0 Å². The van der Waals surface area contributed by atoms with Gasteiger partial charge in [0.2, 0.25) is 5.91 Å². The van der Waals surface area contributed by atoms with Crippen molar-refractivity contribution >= 4 is 11.6 Å². The molecule has 4 nitrogen and oxygen atoms in total. The van der Waals surface area contributed by atoms with Crippen molar-refractivity contribution in [3.05, 3.63) is 29.8 Å². The van der Waals surface area contributed by atoms with Gasteiger partial charge in [-0.2, -0.15) is 0 Å². The third-order valence-corrected chi connectivity index (χ3v) is 3.67.